The molecule has 0 unspecified atom stereocenters. The van der Waals surface area contributed by atoms with Crippen molar-refractivity contribution in [2.75, 3.05) is 0 Å². The normalized spacial score (nSPS) is 8.94. The summed E-state index contributed by atoms with van der Waals surface area (Å²) in [6.45, 7) is 15.0. The minimum absolute atomic E-state index is 0.762. The zero-order valence-corrected chi connectivity index (χ0v) is 13.0. The molecule has 17 heavy (non-hydrogen) atoms. The summed E-state index contributed by atoms with van der Waals surface area (Å²) in [6, 6.07) is 8.75. The molecule has 0 aromatic heterocycles. The molecule has 1 aromatic rings. The van der Waals surface area contributed by atoms with Gasteiger partial charge in [-0.15, -0.1) is 0 Å². The predicted molar refractivity (Wildman–Crippen MR) is 81.7 cm³/mol. The highest BCUT2D eigenvalue weighted by Crippen LogP contribution is 2.13. The summed E-state index contributed by atoms with van der Waals surface area (Å²) in [7, 11) is 0. The lowest BCUT2D eigenvalue weighted by molar-refractivity contribution is 0.643. The second kappa shape index (κ2) is 13.3. The van der Waals surface area contributed by atoms with Crippen LogP contribution in [-0.2, 0) is 12.8 Å². The first-order valence-corrected chi connectivity index (χ1v) is 7.22. The van der Waals surface area contributed by atoms with Gasteiger partial charge in [-0.05, 0) is 29.9 Å². The van der Waals surface area contributed by atoms with Crippen LogP contribution < -0.4 is 0 Å². The SMILES string of the molecule is CC.CCC.CCc1ccccc1CC(C)C. The highest BCUT2D eigenvalue weighted by molar-refractivity contribution is 5.27. The lowest BCUT2D eigenvalue weighted by Gasteiger charge is -2.09. The average molecular weight is 236 g/mol. The van der Waals surface area contributed by atoms with Gasteiger partial charge >= 0.3 is 0 Å². The van der Waals surface area contributed by atoms with E-state index in [4.69, 9.17) is 0 Å². The van der Waals surface area contributed by atoms with E-state index in [0.29, 0.717) is 0 Å². The lowest BCUT2D eigenvalue weighted by atomic mass is 9.97. The van der Waals surface area contributed by atoms with Crippen molar-refractivity contribution < 1.29 is 0 Å². The first-order chi connectivity index (χ1) is 8.15. The van der Waals surface area contributed by atoms with Crippen LogP contribution in [0.25, 0.3) is 0 Å². The van der Waals surface area contributed by atoms with Crippen molar-refractivity contribution in [3.8, 4) is 0 Å². The third kappa shape index (κ3) is 10.1. The second-order valence-electron chi connectivity index (χ2n) is 4.43. The molecule has 0 heteroatoms. The van der Waals surface area contributed by atoms with Crippen LogP contribution in [0, 0.1) is 5.92 Å². The van der Waals surface area contributed by atoms with Gasteiger partial charge in [-0.1, -0.05) is 79.2 Å². The van der Waals surface area contributed by atoms with Crippen LogP contribution in [0.4, 0.5) is 0 Å². The van der Waals surface area contributed by atoms with Crippen molar-refractivity contribution in [2.24, 2.45) is 5.92 Å². The highest BCUT2D eigenvalue weighted by Gasteiger charge is 2.01. The molecule has 0 atom stereocenters. The van der Waals surface area contributed by atoms with E-state index in [2.05, 4.69) is 58.9 Å². The van der Waals surface area contributed by atoms with E-state index in [1.807, 2.05) is 13.8 Å². The standard InChI is InChI=1S/C12H18.C3H8.C2H6/c1-4-11-7-5-6-8-12(11)9-10(2)3;1-3-2;1-2/h5-8,10H,4,9H2,1-3H3;3H2,1-2H3;1-2H3. The Kier molecular flexibility index (Phi) is 14.5. The van der Waals surface area contributed by atoms with Gasteiger partial charge in [0.15, 0.2) is 0 Å². The third-order valence-corrected chi connectivity index (χ3v) is 2.13. The molecule has 0 saturated carbocycles. The molecule has 0 saturated heterocycles. The minimum Gasteiger partial charge on any atom is -0.0683 e. The largest absolute Gasteiger partial charge is 0.0683 e. The summed E-state index contributed by atoms with van der Waals surface area (Å²) in [5.41, 5.74) is 3.03. The van der Waals surface area contributed by atoms with Gasteiger partial charge in [-0.3, -0.25) is 0 Å². The van der Waals surface area contributed by atoms with E-state index < -0.39 is 0 Å². The number of hydrogen-bond acceptors (Lipinski definition) is 0. The Morgan fingerprint density at radius 3 is 1.65 bits per heavy atom. The van der Waals surface area contributed by atoms with E-state index >= 15 is 0 Å². The van der Waals surface area contributed by atoms with Gasteiger partial charge in [0.2, 0.25) is 0 Å². The Hall–Kier alpha value is -0.780. The smallest absolute Gasteiger partial charge is 0.0253 e. The van der Waals surface area contributed by atoms with Crippen LogP contribution in [0.15, 0.2) is 24.3 Å². The van der Waals surface area contributed by atoms with Gasteiger partial charge in [0.25, 0.3) is 0 Å². The van der Waals surface area contributed by atoms with Crippen LogP contribution in [0.1, 0.15) is 66.0 Å². The maximum absolute atomic E-state index is 2.27. The molecule has 0 amide bonds. The van der Waals surface area contributed by atoms with Gasteiger partial charge < -0.3 is 0 Å². The number of aryl methyl sites for hydroxylation is 1. The zero-order chi connectivity index (χ0) is 13.7. The molecule has 0 bridgehead atoms. The van der Waals surface area contributed by atoms with Gasteiger partial charge in [0, 0.05) is 0 Å². The monoisotopic (exact) mass is 236 g/mol. The van der Waals surface area contributed by atoms with Crippen molar-refractivity contribution in [3.05, 3.63) is 35.4 Å². The molecular formula is C17H32. The molecular weight excluding hydrogens is 204 g/mol. The van der Waals surface area contributed by atoms with Crippen LogP contribution in [0.2, 0.25) is 0 Å². The van der Waals surface area contributed by atoms with E-state index in [0.717, 1.165) is 12.3 Å². The Morgan fingerprint density at radius 1 is 0.882 bits per heavy atom. The van der Waals surface area contributed by atoms with Gasteiger partial charge in [-0.25, -0.2) is 0 Å². The molecule has 1 rings (SSSR count). The predicted octanol–water partition coefficient (Wildman–Crippen LogP) is 5.89. The fourth-order valence-corrected chi connectivity index (χ4v) is 1.54. The Balaban J connectivity index is 0. The van der Waals surface area contributed by atoms with Crippen LogP contribution in [0.5, 0.6) is 0 Å². The van der Waals surface area contributed by atoms with E-state index in [-0.39, 0.29) is 0 Å². The fourth-order valence-electron chi connectivity index (χ4n) is 1.54. The summed E-state index contributed by atoms with van der Waals surface area (Å²) >= 11 is 0. The summed E-state index contributed by atoms with van der Waals surface area (Å²) in [6.07, 6.45) is 3.62. The van der Waals surface area contributed by atoms with Gasteiger partial charge in [-0.2, -0.15) is 0 Å². The van der Waals surface area contributed by atoms with Crippen LogP contribution in [0.3, 0.4) is 0 Å². The molecule has 0 N–H and O–H groups in total. The minimum atomic E-state index is 0.762. The number of hydrogen-bond donors (Lipinski definition) is 0. The van der Waals surface area contributed by atoms with Crippen molar-refractivity contribution >= 4 is 0 Å². The summed E-state index contributed by atoms with van der Waals surface area (Å²) < 4.78 is 0. The first-order valence-electron chi connectivity index (χ1n) is 7.22. The van der Waals surface area contributed by atoms with Gasteiger partial charge in [0.05, 0.1) is 0 Å². The molecule has 0 spiro atoms. The van der Waals surface area contributed by atoms with Gasteiger partial charge in [0.1, 0.15) is 0 Å². The molecule has 0 fully saturated rings. The topological polar surface area (TPSA) is 0 Å². The highest BCUT2D eigenvalue weighted by atomic mass is 14.1. The fraction of sp³-hybridized carbons (Fsp3) is 0.647. The molecule has 0 aliphatic rings. The van der Waals surface area contributed by atoms with Crippen molar-refractivity contribution in [1.82, 2.24) is 0 Å². The van der Waals surface area contributed by atoms with Crippen molar-refractivity contribution in [3.63, 3.8) is 0 Å². The number of rotatable bonds is 3. The Labute approximate surface area is 109 Å². The third-order valence-electron chi connectivity index (χ3n) is 2.13. The molecule has 100 valence electrons. The molecule has 0 radical (unpaired) electrons. The maximum atomic E-state index is 2.27. The summed E-state index contributed by atoms with van der Waals surface area (Å²) in [4.78, 5) is 0. The average Bonchev–Trinajstić information content (AvgIpc) is 2.33. The maximum Gasteiger partial charge on any atom is -0.0253 e. The van der Waals surface area contributed by atoms with E-state index in [1.165, 1.54) is 24.0 Å². The molecule has 1 aromatic carbocycles. The first kappa shape index (κ1) is 18.6. The molecule has 0 aliphatic carbocycles. The second-order valence-corrected chi connectivity index (χ2v) is 4.43. The van der Waals surface area contributed by atoms with Crippen molar-refractivity contribution in [1.29, 1.82) is 0 Å². The van der Waals surface area contributed by atoms with Crippen molar-refractivity contribution in [2.45, 2.75) is 67.7 Å². The quantitative estimate of drug-likeness (QED) is 0.614. The summed E-state index contributed by atoms with van der Waals surface area (Å²) in [5, 5.41) is 0. The number of benzene rings is 1. The molecule has 0 aliphatic heterocycles. The summed E-state index contributed by atoms with van der Waals surface area (Å²) in [5.74, 6) is 0.762. The van der Waals surface area contributed by atoms with Crippen LogP contribution in [-0.4, -0.2) is 0 Å². The lowest BCUT2D eigenvalue weighted by Crippen LogP contribution is -1.97. The Morgan fingerprint density at radius 2 is 1.29 bits per heavy atom. The molecule has 0 heterocycles. The van der Waals surface area contributed by atoms with E-state index in [9.17, 15) is 0 Å². The van der Waals surface area contributed by atoms with E-state index in [1.54, 1.807) is 0 Å². The molecule has 0 nitrogen and oxygen atoms in total. The Bertz CT molecular complexity index is 248. The zero-order valence-electron chi connectivity index (χ0n) is 13.0. The van der Waals surface area contributed by atoms with Crippen LogP contribution >= 0.6 is 0 Å².